The number of carboxylic acid groups (broad SMARTS) is 1. The van der Waals surface area contributed by atoms with Crippen molar-refractivity contribution in [2.24, 2.45) is 22.7 Å². The number of aromatic nitrogens is 1. The van der Waals surface area contributed by atoms with Crippen LogP contribution < -0.4 is 5.32 Å². The number of amides is 1. The molecule has 0 radical (unpaired) electrons. The number of thiazole rings is 1. The molecule has 132 valence electrons. The van der Waals surface area contributed by atoms with Crippen LogP contribution in [0.3, 0.4) is 0 Å². The number of hydrogen-bond acceptors (Lipinski definition) is 5. The molecule has 1 aromatic rings. The highest BCUT2D eigenvalue weighted by molar-refractivity contribution is 7.13. The molecule has 0 bridgehead atoms. The van der Waals surface area contributed by atoms with Gasteiger partial charge in [0.2, 0.25) is 5.91 Å². The minimum Gasteiger partial charge on any atom is -0.480 e. The number of anilines is 1. The Hall–Kier alpha value is -1.63. The largest absolute Gasteiger partial charge is 0.480 e. The molecule has 0 aromatic carbocycles. The van der Waals surface area contributed by atoms with Gasteiger partial charge in [-0.15, -0.1) is 11.3 Å². The van der Waals surface area contributed by atoms with Gasteiger partial charge in [0.25, 0.3) is 0 Å². The first-order chi connectivity index (χ1) is 11.0. The Morgan fingerprint density at radius 1 is 1.46 bits per heavy atom. The zero-order valence-electron chi connectivity index (χ0n) is 14.7. The SMILES string of the molecule is CC(C)(C)C(Nc1cncs1)C(=O)N1CC2C(C1C(=O)O)C2(C)C. The second-order valence-electron chi connectivity index (χ2n) is 8.54. The fraction of sp³-hybridized carbons (Fsp3) is 0.706. The van der Waals surface area contributed by atoms with E-state index >= 15 is 0 Å². The maximum Gasteiger partial charge on any atom is 0.326 e. The summed E-state index contributed by atoms with van der Waals surface area (Å²) in [6, 6.07) is -1.20. The lowest BCUT2D eigenvalue weighted by Crippen LogP contribution is -2.54. The van der Waals surface area contributed by atoms with Crippen LogP contribution in [0, 0.1) is 22.7 Å². The Bertz CT molecular complexity index is 651. The van der Waals surface area contributed by atoms with E-state index in [0.29, 0.717) is 6.54 Å². The number of fused-ring (bicyclic) bond motifs is 1. The molecule has 2 aliphatic rings. The molecule has 1 amide bonds. The molecule has 2 fully saturated rings. The number of nitrogens with zero attached hydrogens (tertiary/aromatic N) is 2. The highest BCUT2D eigenvalue weighted by atomic mass is 32.1. The van der Waals surface area contributed by atoms with Crippen molar-refractivity contribution in [3.63, 3.8) is 0 Å². The minimum atomic E-state index is -0.896. The van der Waals surface area contributed by atoms with Crippen molar-refractivity contribution in [1.82, 2.24) is 9.88 Å². The highest BCUT2D eigenvalue weighted by Gasteiger charge is 2.70. The van der Waals surface area contributed by atoms with Gasteiger partial charge >= 0.3 is 5.97 Å². The summed E-state index contributed by atoms with van der Waals surface area (Å²) in [6.07, 6.45) is 1.69. The molecule has 4 unspecified atom stereocenters. The summed E-state index contributed by atoms with van der Waals surface area (Å²) in [6.45, 7) is 10.7. The number of hydrogen-bond donors (Lipinski definition) is 2. The number of piperidine rings is 1. The van der Waals surface area contributed by atoms with E-state index in [9.17, 15) is 14.7 Å². The van der Waals surface area contributed by atoms with Gasteiger partial charge in [-0.25, -0.2) is 4.79 Å². The molecule has 1 aliphatic carbocycles. The van der Waals surface area contributed by atoms with Crippen LogP contribution >= 0.6 is 11.3 Å². The van der Waals surface area contributed by atoms with E-state index in [2.05, 4.69) is 24.1 Å². The first-order valence-electron chi connectivity index (χ1n) is 8.23. The van der Waals surface area contributed by atoms with Gasteiger partial charge in [-0.2, -0.15) is 0 Å². The first kappa shape index (κ1) is 17.2. The van der Waals surface area contributed by atoms with Gasteiger partial charge in [0.1, 0.15) is 17.1 Å². The topological polar surface area (TPSA) is 82.5 Å². The van der Waals surface area contributed by atoms with Gasteiger partial charge in [-0.05, 0) is 16.7 Å². The number of likely N-dealkylation sites (tertiary alicyclic amines) is 1. The number of carbonyl (C=O) groups excluding carboxylic acids is 1. The van der Waals surface area contributed by atoms with Crippen LogP contribution in [-0.2, 0) is 9.59 Å². The van der Waals surface area contributed by atoms with Crippen molar-refractivity contribution >= 4 is 28.2 Å². The molecule has 2 N–H and O–H groups in total. The number of rotatable bonds is 4. The monoisotopic (exact) mass is 351 g/mol. The second kappa shape index (κ2) is 5.44. The first-order valence-corrected chi connectivity index (χ1v) is 9.11. The smallest absolute Gasteiger partial charge is 0.326 e. The molecule has 0 spiro atoms. The van der Waals surface area contributed by atoms with Crippen LogP contribution in [0.1, 0.15) is 34.6 Å². The molecule has 3 rings (SSSR count). The van der Waals surface area contributed by atoms with Crippen molar-refractivity contribution < 1.29 is 14.7 Å². The maximum absolute atomic E-state index is 13.2. The van der Waals surface area contributed by atoms with Gasteiger partial charge in [0, 0.05) is 12.5 Å². The Balaban J connectivity index is 1.84. The lowest BCUT2D eigenvalue weighted by Gasteiger charge is -2.37. The summed E-state index contributed by atoms with van der Waals surface area (Å²) in [5, 5.41) is 13.8. The average Bonchev–Trinajstić information content (AvgIpc) is 2.94. The Labute approximate surface area is 146 Å². The van der Waals surface area contributed by atoms with Gasteiger partial charge in [0.05, 0.1) is 11.7 Å². The van der Waals surface area contributed by atoms with E-state index < -0.39 is 18.1 Å². The lowest BCUT2D eigenvalue weighted by molar-refractivity contribution is -0.151. The molecule has 2 heterocycles. The highest BCUT2D eigenvalue weighted by Crippen LogP contribution is 2.65. The van der Waals surface area contributed by atoms with Crippen LogP contribution in [-0.4, -0.2) is 45.5 Å². The normalized spacial score (nSPS) is 29.0. The van der Waals surface area contributed by atoms with E-state index in [-0.39, 0.29) is 28.6 Å². The third-order valence-corrected chi connectivity index (χ3v) is 6.28. The summed E-state index contributed by atoms with van der Waals surface area (Å²) < 4.78 is 0. The van der Waals surface area contributed by atoms with Crippen molar-refractivity contribution in [1.29, 1.82) is 0 Å². The van der Waals surface area contributed by atoms with Gasteiger partial charge in [-0.3, -0.25) is 9.78 Å². The fourth-order valence-corrected chi connectivity index (χ4v) is 4.58. The van der Waals surface area contributed by atoms with E-state index in [1.165, 1.54) is 11.3 Å². The van der Waals surface area contributed by atoms with E-state index in [4.69, 9.17) is 0 Å². The fourth-order valence-electron chi connectivity index (χ4n) is 4.04. The van der Waals surface area contributed by atoms with Crippen LogP contribution in [0.2, 0.25) is 0 Å². The third-order valence-electron chi connectivity index (χ3n) is 5.58. The molecule has 1 saturated carbocycles. The van der Waals surface area contributed by atoms with Crippen LogP contribution in [0.5, 0.6) is 0 Å². The summed E-state index contributed by atoms with van der Waals surface area (Å²) in [7, 11) is 0. The summed E-state index contributed by atoms with van der Waals surface area (Å²) in [4.78, 5) is 30.6. The molecule has 7 heteroatoms. The second-order valence-corrected chi connectivity index (χ2v) is 9.42. The number of carbonyl (C=O) groups is 2. The molecule has 1 aliphatic heterocycles. The number of nitrogens with one attached hydrogen (secondary N) is 1. The molecule has 1 aromatic heterocycles. The van der Waals surface area contributed by atoms with E-state index in [0.717, 1.165) is 5.00 Å². The molecular formula is C17H25N3O3S. The quantitative estimate of drug-likeness (QED) is 0.871. The zero-order chi connectivity index (χ0) is 17.9. The van der Waals surface area contributed by atoms with Gasteiger partial charge in [-0.1, -0.05) is 34.6 Å². The summed E-state index contributed by atoms with van der Waals surface area (Å²) >= 11 is 1.43. The molecule has 4 atom stereocenters. The molecule has 6 nitrogen and oxygen atoms in total. The molecule has 1 saturated heterocycles. The van der Waals surface area contributed by atoms with Crippen LogP contribution in [0.25, 0.3) is 0 Å². The van der Waals surface area contributed by atoms with E-state index in [1.807, 2.05) is 20.8 Å². The van der Waals surface area contributed by atoms with Gasteiger partial charge < -0.3 is 15.3 Å². The standard InChI is InChI=1S/C17H25N3O3S/c1-16(2,3)13(19-10-6-18-8-24-10)14(21)20-7-9-11(17(9,4)5)12(20)15(22)23/h6,8-9,11-13,19H,7H2,1-5H3,(H,22,23). The van der Waals surface area contributed by atoms with Crippen molar-refractivity contribution in [3.05, 3.63) is 11.7 Å². The number of aliphatic carboxylic acids is 1. The maximum atomic E-state index is 13.2. The average molecular weight is 351 g/mol. The van der Waals surface area contributed by atoms with Crippen LogP contribution in [0.4, 0.5) is 5.00 Å². The third kappa shape index (κ3) is 2.68. The van der Waals surface area contributed by atoms with Crippen LogP contribution in [0.15, 0.2) is 11.7 Å². The summed E-state index contributed by atoms with van der Waals surface area (Å²) in [5.74, 6) is -0.687. The summed E-state index contributed by atoms with van der Waals surface area (Å²) in [5.41, 5.74) is 1.38. The Morgan fingerprint density at radius 2 is 2.12 bits per heavy atom. The lowest BCUT2D eigenvalue weighted by atomic mass is 9.85. The van der Waals surface area contributed by atoms with Gasteiger partial charge in [0.15, 0.2) is 0 Å². The van der Waals surface area contributed by atoms with E-state index in [1.54, 1.807) is 16.6 Å². The van der Waals surface area contributed by atoms with Crippen molar-refractivity contribution in [3.8, 4) is 0 Å². The molecule has 24 heavy (non-hydrogen) atoms. The number of carboxylic acids is 1. The predicted molar refractivity (Wildman–Crippen MR) is 92.9 cm³/mol. The molecular weight excluding hydrogens is 326 g/mol. The van der Waals surface area contributed by atoms with Crippen molar-refractivity contribution in [2.75, 3.05) is 11.9 Å². The predicted octanol–water partition coefficient (Wildman–Crippen LogP) is 2.54. The van der Waals surface area contributed by atoms with Crippen molar-refractivity contribution in [2.45, 2.75) is 46.7 Å². The minimum absolute atomic E-state index is 0.0160. The Kier molecular flexibility index (Phi) is 3.90. The zero-order valence-corrected chi connectivity index (χ0v) is 15.6. The Morgan fingerprint density at radius 3 is 2.62 bits per heavy atom.